The lowest BCUT2D eigenvalue weighted by atomic mass is 9.93. The summed E-state index contributed by atoms with van der Waals surface area (Å²) in [7, 11) is 0. The monoisotopic (exact) mass is 227 g/mol. The highest BCUT2D eigenvalue weighted by Crippen LogP contribution is 2.36. The zero-order chi connectivity index (χ0) is 11.8. The molecule has 17 heavy (non-hydrogen) atoms. The Morgan fingerprint density at radius 1 is 1.24 bits per heavy atom. The molecule has 2 aromatic rings. The van der Waals surface area contributed by atoms with E-state index in [0.717, 1.165) is 0 Å². The number of nitrogens with zero attached hydrogens (tertiary/aromatic N) is 1. The highest BCUT2D eigenvalue weighted by molar-refractivity contribution is 5.86. The molecule has 0 amide bonds. The van der Waals surface area contributed by atoms with Crippen LogP contribution in [0.5, 0.6) is 0 Å². The molecule has 0 N–H and O–H groups in total. The van der Waals surface area contributed by atoms with E-state index in [2.05, 4.69) is 42.7 Å². The Labute approximate surface area is 103 Å². The molecule has 0 aliphatic carbocycles. The lowest BCUT2D eigenvalue weighted by molar-refractivity contribution is 0.535. The van der Waals surface area contributed by atoms with Crippen molar-refractivity contribution in [3.63, 3.8) is 0 Å². The van der Waals surface area contributed by atoms with Crippen molar-refractivity contribution in [1.29, 1.82) is 0 Å². The van der Waals surface area contributed by atoms with Crippen molar-refractivity contribution in [3.8, 4) is 0 Å². The minimum atomic E-state index is 0.689. The molecule has 0 saturated carbocycles. The molecule has 0 spiro atoms. The molecule has 1 atom stereocenters. The molecule has 0 radical (unpaired) electrons. The van der Waals surface area contributed by atoms with E-state index in [1.54, 1.807) is 11.3 Å². The first-order valence-electron chi connectivity index (χ1n) is 6.93. The van der Waals surface area contributed by atoms with Gasteiger partial charge in [-0.1, -0.05) is 32.0 Å². The van der Waals surface area contributed by atoms with Gasteiger partial charge in [0.2, 0.25) is 0 Å². The van der Waals surface area contributed by atoms with Crippen LogP contribution < -0.4 is 0 Å². The molecule has 0 saturated heterocycles. The molecule has 2 heterocycles. The molecule has 1 aromatic carbocycles. The van der Waals surface area contributed by atoms with E-state index in [0.29, 0.717) is 5.92 Å². The Bertz CT molecular complexity index is 536. The number of hydrogen-bond acceptors (Lipinski definition) is 0. The van der Waals surface area contributed by atoms with Gasteiger partial charge in [-0.3, -0.25) is 0 Å². The summed E-state index contributed by atoms with van der Waals surface area (Å²) >= 11 is 0. The Hall–Kier alpha value is -1.24. The molecule has 1 unspecified atom stereocenters. The Morgan fingerprint density at radius 2 is 2.06 bits per heavy atom. The third-order valence-corrected chi connectivity index (χ3v) is 4.27. The summed E-state index contributed by atoms with van der Waals surface area (Å²) in [6.45, 7) is 5.88. The molecule has 1 aliphatic rings. The Morgan fingerprint density at radius 3 is 2.88 bits per heavy atom. The summed E-state index contributed by atoms with van der Waals surface area (Å²) in [6, 6.07) is 8.95. The number of fused-ring (bicyclic) bond motifs is 3. The third kappa shape index (κ3) is 1.60. The van der Waals surface area contributed by atoms with E-state index in [4.69, 9.17) is 0 Å². The van der Waals surface area contributed by atoms with Crippen LogP contribution in [0.4, 0.5) is 0 Å². The third-order valence-electron chi connectivity index (χ3n) is 4.27. The molecule has 3 rings (SSSR count). The first-order chi connectivity index (χ1) is 8.33. The summed E-state index contributed by atoms with van der Waals surface area (Å²) < 4.78 is 2.57. The van der Waals surface area contributed by atoms with Gasteiger partial charge in [0, 0.05) is 23.1 Å². The highest BCUT2D eigenvalue weighted by atomic mass is 15.0. The summed E-state index contributed by atoms with van der Waals surface area (Å²) in [5.41, 5.74) is 4.70. The van der Waals surface area contributed by atoms with Gasteiger partial charge in [-0.25, -0.2) is 0 Å². The predicted molar refractivity (Wildman–Crippen MR) is 73.6 cm³/mol. The summed E-state index contributed by atoms with van der Waals surface area (Å²) in [6.07, 6.45) is 5.21. The zero-order valence-corrected chi connectivity index (χ0v) is 10.9. The zero-order valence-electron chi connectivity index (χ0n) is 10.9. The summed E-state index contributed by atoms with van der Waals surface area (Å²) in [4.78, 5) is 0. The van der Waals surface area contributed by atoms with Crippen molar-refractivity contribution in [3.05, 3.63) is 35.5 Å². The summed E-state index contributed by atoms with van der Waals surface area (Å²) in [5.74, 6) is 0.689. The lowest BCUT2D eigenvalue weighted by Gasteiger charge is -2.19. The van der Waals surface area contributed by atoms with Crippen molar-refractivity contribution < 1.29 is 0 Å². The van der Waals surface area contributed by atoms with Gasteiger partial charge < -0.3 is 4.57 Å². The van der Waals surface area contributed by atoms with Gasteiger partial charge >= 0.3 is 0 Å². The number of para-hydroxylation sites is 1. The second-order valence-electron chi connectivity index (χ2n) is 5.30. The average molecular weight is 227 g/mol. The van der Waals surface area contributed by atoms with E-state index in [1.165, 1.54) is 43.1 Å². The van der Waals surface area contributed by atoms with Crippen molar-refractivity contribution in [2.45, 2.75) is 52.0 Å². The molecular weight excluding hydrogens is 206 g/mol. The first-order valence-corrected chi connectivity index (χ1v) is 6.93. The van der Waals surface area contributed by atoms with Crippen LogP contribution in [0.3, 0.4) is 0 Å². The van der Waals surface area contributed by atoms with E-state index >= 15 is 0 Å². The van der Waals surface area contributed by atoms with E-state index < -0.39 is 0 Å². The van der Waals surface area contributed by atoms with Crippen molar-refractivity contribution in [2.75, 3.05) is 0 Å². The topological polar surface area (TPSA) is 4.93 Å². The molecule has 1 heteroatoms. The van der Waals surface area contributed by atoms with Gasteiger partial charge in [-0.05, 0) is 43.2 Å². The molecule has 90 valence electrons. The Balaban J connectivity index is 2.31. The SMILES string of the molecule is CCC(C)c1c2n(c3ccccc13)CCCC2. The van der Waals surface area contributed by atoms with Gasteiger partial charge in [-0.15, -0.1) is 0 Å². The molecule has 1 aromatic heterocycles. The minimum absolute atomic E-state index is 0.689. The van der Waals surface area contributed by atoms with Crippen LogP contribution in [0.15, 0.2) is 24.3 Å². The lowest BCUT2D eigenvalue weighted by Crippen LogP contribution is -2.11. The fraction of sp³-hybridized carbons (Fsp3) is 0.500. The standard InChI is InChI=1S/C16H21N/c1-3-12(2)16-13-8-4-5-9-14(13)17-11-7-6-10-15(16)17/h4-5,8-9,12H,3,6-7,10-11H2,1-2H3. The minimum Gasteiger partial charge on any atom is -0.344 e. The maximum Gasteiger partial charge on any atom is 0.0485 e. The van der Waals surface area contributed by atoms with Crippen molar-refractivity contribution in [2.24, 2.45) is 0 Å². The van der Waals surface area contributed by atoms with Crippen LogP contribution in [-0.2, 0) is 13.0 Å². The molecule has 1 nitrogen and oxygen atoms in total. The second-order valence-corrected chi connectivity index (χ2v) is 5.30. The van der Waals surface area contributed by atoms with Crippen molar-refractivity contribution in [1.82, 2.24) is 4.57 Å². The van der Waals surface area contributed by atoms with Crippen LogP contribution in [0.25, 0.3) is 10.9 Å². The van der Waals surface area contributed by atoms with Crippen LogP contribution in [0.1, 0.15) is 50.3 Å². The fourth-order valence-electron chi connectivity index (χ4n) is 3.22. The summed E-state index contributed by atoms with van der Waals surface area (Å²) in [5, 5.41) is 1.50. The smallest absolute Gasteiger partial charge is 0.0485 e. The van der Waals surface area contributed by atoms with Gasteiger partial charge in [-0.2, -0.15) is 0 Å². The van der Waals surface area contributed by atoms with E-state index in [9.17, 15) is 0 Å². The molecule has 1 aliphatic heterocycles. The van der Waals surface area contributed by atoms with E-state index in [1.807, 2.05) is 0 Å². The maximum absolute atomic E-state index is 2.57. The number of aromatic nitrogens is 1. The highest BCUT2D eigenvalue weighted by Gasteiger charge is 2.21. The van der Waals surface area contributed by atoms with E-state index in [-0.39, 0.29) is 0 Å². The van der Waals surface area contributed by atoms with Crippen LogP contribution >= 0.6 is 0 Å². The fourth-order valence-corrected chi connectivity index (χ4v) is 3.22. The Kier molecular flexibility index (Phi) is 2.70. The number of benzene rings is 1. The molecule has 0 bridgehead atoms. The number of hydrogen-bond donors (Lipinski definition) is 0. The quantitative estimate of drug-likeness (QED) is 0.712. The van der Waals surface area contributed by atoms with Gasteiger partial charge in [0.15, 0.2) is 0 Å². The normalized spacial score (nSPS) is 17.1. The van der Waals surface area contributed by atoms with Gasteiger partial charge in [0.25, 0.3) is 0 Å². The first kappa shape index (κ1) is 10.9. The van der Waals surface area contributed by atoms with Crippen LogP contribution in [0.2, 0.25) is 0 Å². The van der Waals surface area contributed by atoms with Crippen LogP contribution in [0, 0.1) is 0 Å². The van der Waals surface area contributed by atoms with Crippen LogP contribution in [-0.4, -0.2) is 4.57 Å². The van der Waals surface area contributed by atoms with Gasteiger partial charge in [0.1, 0.15) is 0 Å². The van der Waals surface area contributed by atoms with Crippen molar-refractivity contribution >= 4 is 10.9 Å². The molecular formula is C16H21N. The molecule has 0 fully saturated rings. The van der Waals surface area contributed by atoms with Gasteiger partial charge in [0.05, 0.1) is 0 Å². The largest absolute Gasteiger partial charge is 0.344 e. The predicted octanol–water partition coefficient (Wildman–Crippen LogP) is 4.49. The average Bonchev–Trinajstić information content (AvgIpc) is 2.72. The second kappa shape index (κ2) is 4.21. The maximum atomic E-state index is 2.57. The number of rotatable bonds is 2. The number of aryl methyl sites for hydroxylation is 1.